The van der Waals surface area contributed by atoms with Crippen molar-refractivity contribution in [2.24, 2.45) is 0 Å². The quantitative estimate of drug-likeness (QED) is 0.667. The van der Waals surface area contributed by atoms with E-state index in [-0.39, 0.29) is 0 Å². The maximum Gasteiger partial charge on any atom is 0.133 e. The van der Waals surface area contributed by atoms with Gasteiger partial charge in [-0.2, -0.15) is 0 Å². The molecule has 3 heteroatoms. The van der Waals surface area contributed by atoms with Crippen molar-refractivity contribution >= 4 is 5.57 Å². The van der Waals surface area contributed by atoms with Crippen molar-refractivity contribution in [3.05, 3.63) is 53.8 Å². The lowest BCUT2D eigenvalue weighted by molar-refractivity contribution is 0.292. The van der Waals surface area contributed by atoms with E-state index in [0.29, 0.717) is 17.7 Å². The fraction of sp³-hybridized carbons (Fsp3) is 0.0909. The van der Waals surface area contributed by atoms with Gasteiger partial charge in [-0.25, -0.2) is 8.78 Å². The van der Waals surface area contributed by atoms with Crippen LogP contribution in [0, 0.1) is 11.6 Å². The molecule has 0 bridgehead atoms. The highest BCUT2D eigenvalue weighted by molar-refractivity contribution is 5.68. The minimum Gasteiger partial charge on any atom is -0.496 e. The molecular weight excluding hydrogens is 186 g/mol. The fourth-order valence-corrected chi connectivity index (χ4v) is 1.31. The third kappa shape index (κ3) is 1.66. The first-order chi connectivity index (χ1) is 6.77. The van der Waals surface area contributed by atoms with E-state index in [1.807, 2.05) is 0 Å². The molecule has 1 nitrogen and oxygen atoms in total. The molecule has 0 N–H and O–H groups in total. The second kappa shape index (κ2) is 3.62. The van der Waals surface area contributed by atoms with Crippen molar-refractivity contribution in [2.75, 3.05) is 6.61 Å². The molecule has 1 aliphatic heterocycles. The van der Waals surface area contributed by atoms with Gasteiger partial charge in [0.2, 0.25) is 0 Å². The lowest BCUT2D eigenvalue weighted by Gasteiger charge is -2.11. The summed E-state index contributed by atoms with van der Waals surface area (Å²) in [5.74, 6) is -1.13. The first-order valence-electron chi connectivity index (χ1n) is 4.20. The van der Waals surface area contributed by atoms with Crippen molar-refractivity contribution in [1.29, 1.82) is 0 Å². The van der Waals surface area contributed by atoms with Gasteiger partial charge in [-0.1, -0.05) is 6.08 Å². The molecule has 72 valence electrons. The molecule has 0 amide bonds. The smallest absolute Gasteiger partial charge is 0.133 e. The van der Waals surface area contributed by atoms with Gasteiger partial charge in [0.1, 0.15) is 18.2 Å². The molecule has 2 rings (SSSR count). The van der Waals surface area contributed by atoms with Crippen molar-refractivity contribution in [2.45, 2.75) is 0 Å². The molecule has 0 saturated heterocycles. The molecule has 0 aromatic heterocycles. The zero-order chi connectivity index (χ0) is 9.97. The first-order valence-corrected chi connectivity index (χ1v) is 4.20. The highest BCUT2D eigenvalue weighted by atomic mass is 19.1. The van der Waals surface area contributed by atoms with E-state index in [0.717, 1.165) is 6.07 Å². The SMILES string of the molecule is Fc1ccc(C2=CC=COC2)c(F)c1. The number of halogens is 2. The molecule has 1 aromatic rings. The molecule has 14 heavy (non-hydrogen) atoms. The van der Waals surface area contributed by atoms with Crippen LogP contribution in [0.5, 0.6) is 0 Å². The summed E-state index contributed by atoms with van der Waals surface area (Å²) in [6.07, 6.45) is 4.96. The third-order valence-electron chi connectivity index (χ3n) is 1.99. The number of hydrogen-bond acceptors (Lipinski definition) is 1. The molecular formula is C11H8F2O. The van der Waals surface area contributed by atoms with Crippen LogP contribution in [0.1, 0.15) is 5.56 Å². The summed E-state index contributed by atoms with van der Waals surface area (Å²) in [4.78, 5) is 0. The monoisotopic (exact) mass is 194 g/mol. The molecule has 0 aliphatic carbocycles. The molecule has 0 fully saturated rings. The minimum absolute atomic E-state index is 0.319. The van der Waals surface area contributed by atoms with Crippen LogP contribution in [0.3, 0.4) is 0 Å². The van der Waals surface area contributed by atoms with Crippen molar-refractivity contribution in [3.8, 4) is 0 Å². The Labute approximate surface area is 80.3 Å². The topological polar surface area (TPSA) is 9.23 Å². The van der Waals surface area contributed by atoms with E-state index in [4.69, 9.17) is 4.74 Å². The predicted molar refractivity (Wildman–Crippen MR) is 49.4 cm³/mol. The Kier molecular flexibility index (Phi) is 2.31. The number of ether oxygens (including phenoxy) is 1. The third-order valence-corrected chi connectivity index (χ3v) is 1.99. The molecule has 0 unspecified atom stereocenters. The van der Waals surface area contributed by atoms with Crippen LogP contribution in [-0.4, -0.2) is 6.61 Å². The lowest BCUT2D eigenvalue weighted by atomic mass is 10.0. The molecule has 0 atom stereocenters. The number of allylic oxidation sites excluding steroid dienone is 2. The van der Waals surface area contributed by atoms with Gasteiger partial charge in [0, 0.05) is 11.6 Å². The highest BCUT2D eigenvalue weighted by Gasteiger charge is 2.09. The molecule has 0 spiro atoms. The standard InChI is InChI=1S/C11H8F2O/c12-9-3-4-10(11(13)6-9)8-2-1-5-14-7-8/h1-6H,7H2. The Morgan fingerprint density at radius 2 is 2.07 bits per heavy atom. The van der Waals surface area contributed by atoms with Crippen LogP contribution in [0.15, 0.2) is 36.6 Å². The Morgan fingerprint density at radius 3 is 2.71 bits per heavy atom. The summed E-state index contributed by atoms with van der Waals surface area (Å²) in [6.45, 7) is 0.319. The fourth-order valence-electron chi connectivity index (χ4n) is 1.31. The van der Waals surface area contributed by atoms with Gasteiger partial charge in [0.05, 0.1) is 6.26 Å². The number of hydrogen-bond donors (Lipinski definition) is 0. The zero-order valence-corrected chi connectivity index (χ0v) is 7.34. The van der Waals surface area contributed by atoms with Gasteiger partial charge in [-0.15, -0.1) is 0 Å². The van der Waals surface area contributed by atoms with E-state index in [2.05, 4.69) is 0 Å². The van der Waals surface area contributed by atoms with Crippen molar-refractivity contribution < 1.29 is 13.5 Å². The Morgan fingerprint density at radius 1 is 1.21 bits per heavy atom. The highest BCUT2D eigenvalue weighted by Crippen LogP contribution is 2.21. The summed E-state index contributed by atoms with van der Waals surface area (Å²) in [7, 11) is 0. The van der Waals surface area contributed by atoms with E-state index >= 15 is 0 Å². The summed E-state index contributed by atoms with van der Waals surface area (Å²) in [5.41, 5.74) is 1.10. The van der Waals surface area contributed by atoms with E-state index in [9.17, 15) is 8.78 Å². The summed E-state index contributed by atoms with van der Waals surface area (Å²) < 4.78 is 30.9. The van der Waals surface area contributed by atoms with E-state index in [1.165, 1.54) is 18.4 Å². The van der Waals surface area contributed by atoms with Crippen LogP contribution in [0.4, 0.5) is 8.78 Å². The van der Waals surface area contributed by atoms with Gasteiger partial charge in [-0.05, 0) is 23.8 Å². The van der Waals surface area contributed by atoms with Crippen LogP contribution >= 0.6 is 0 Å². The first kappa shape index (κ1) is 8.94. The molecule has 1 aliphatic rings. The van der Waals surface area contributed by atoms with Gasteiger partial charge < -0.3 is 4.74 Å². The molecule has 1 aromatic carbocycles. The van der Waals surface area contributed by atoms with Gasteiger partial charge in [-0.3, -0.25) is 0 Å². The number of benzene rings is 1. The second-order valence-corrected chi connectivity index (χ2v) is 2.96. The normalized spacial score (nSPS) is 14.9. The van der Waals surface area contributed by atoms with E-state index < -0.39 is 11.6 Å². The number of rotatable bonds is 1. The maximum absolute atomic E-state index is 13.3. The van der Waals surface area contributed by atoms with Gasteiger partial charge in [0.15, 0.2) is 0 Å². The maximum atomic E-state index is 13.3. The van der Waals surface area contributed by atoms with Crippen molar-refractivity contribution in [3.63, 3.8) is 0 Å². The summed E-state index contributed by atoms with van der Waals surface area (Å²) >= 11 is 0. The van der Waals surface area contributed by atoms with Crippen LogP contribution in [0.25, 0.3) is 5.57 Å². The molecule has 1 heterocycles. The Hall–Kier alpha value is -1.64. The molecule has 0 saturated carbocycles. The zero-order valence-electron chi connectivity index (χ0n) is 7.34. The lowest BCUT2D eigenvalue weighted by Crippen LogP contribution is -1.99. The van der Waals surface area contributed by atoms with Crippen LogP contribution < -0.4 is 0 Å². The minimum atomic E-state index is -0.570. The van der Waals surface area contributed by atoms with E-state index in [1.54, 1.807) is 12.2 Å². The average molecular weight is 194 g/mol. The second-order valence-electron chi connectivity index (χ2n) is 2.96. The molecule has 0 radical (unpaired) electrons. The summed E-state index contributed by atoms with van der Waals surface area (Å²) in [5, 5.41) is 0. The Bertz CT molecular complexity index is 408. The van der Waals surface area contributed by atoms with Gasteiger partial charge >= 0.3 is 0 Å². The largest absolute Gasteiger partial charge is 0.496 e. The predicted octanol–water partition coefficient (Wildman–Crippen LogP) is 2.89. The average Bonchev–Trinajstić information content (AvgIpc) is 2.19. The summed E-state index contributed by atoms with van der Waals surface area (Å²) in [6, 6.07) is 3.52. The van der Waals surface area contributed by atoms with Crippen LogP contribution in [-0.2, 0) is 4.74 Å². The Balaban J connectivity index is 2.41. The van der Waals surface area contributed by atoms with Crippen molar-refractivity contribution in [1.82, 2.24) is 0 Å². The van der Waals surface area contributed by atoms with Gasteiger partial charge in [0.25, 0.3) is 0 Å². The van der Waals surface area contributed by atoms with Crippen LogP contribution in [0.2, 0.25) is 0 Å².